The Hall–Kier alpha value is -1.56. The Labute approximate surface area is 116 Å². The van der Waals surface area contributed by atoms with Crippen molar-refractivity contribution in [3.8, 4) is 0 Å². The van der Waals surface area contributed by atoms with Gasteiger partial charge in [-0.3, -0.25) is 4.79 Å². The van der Waals surface area contributed by atoms with E-state index in [-0.39, 0.29) is 12.5 Å². The summed E-state index contributed by atoms with van der Waals surface area (Å²) in [5.74, 6) is -1.75. The quantitative estimate of drug-likeness (QED) is 0.753. The van der Waals surface area contributed by atoms with Gasteiger partial charge in [0.25, 0.3) is 0 Å². The van der Waals surface area contributed by atoms with E-state index in [9.17, 15) is 9.59 Å². The smallest absolute Gasteiger partial charge is 0.341 e. The first-order valence-electron chi connectivity index (χ1n) is 6.26. The number of rotatable bonds is 7. The molecule has 0 aromatic carbocycles. The molecule has 0 fully saturated rings. The molecule has 1 unspecified atom stereocenters. The van der Waals surface area contributed by atoms with E-state index in [0.717, 1.165) is 11.3 Å². The maximum Gasteiger partial charge on any atom is 0.341 e. The Morgan fingerprint density at radius 3 is 2.68 bits per heavy atom. The van der Waals surface area contributed by atoms with E-state index in [4.69, 9.17) is 9.84 Å². The average Bonchev–Trinajstić information content (AvgIpc) is 2.79. The second-order valence-corrected chi connectivity index (χ2v) is 5.29. The highest BCUT2D eigenvalue weighted by molar-refractivity contribution is 7.16. The van der Waals surface area contributed by atoms with Crippen molar-refractivity contribution in [3.63, 3.8) is 0 Å². The van der Waals surface area contributed by atoms with E-state index in [2.05, 4.69) is 5.32 Å². The van der Waals surface area contributed by atoms with Crippen molar-refractivity contribution in [2.24, 2.45) is 5.92 Å². The van der Waals surface area contributed by atoms with Gasteiger partial charge >= 0.3 is 11.9 Å². The largest absolute Gasteiger partial charge is 0.481 e. The van der Waals surface area contributed by atoms with Crippen LogP contribution in [0.25, 0.3) is 0 Å². The van der Waals surface area contributed by atoms with Crippen molar-refractivity contribution in [1.82, 2.24) is 0 Å². The standard InChI is InChI=1S/C13H19NO4S/c1-4-9-6-10(13(17)18-5-2)11(19-9)14-7-8(3)12(15)16/h6,8,14H,4-5,7H2,1-3H3,(H,15,16). The summed E-state index contributed by atoms with van der Waals surface area (Å²) in [4.78, 5) is 23.6. The summed E-state index contributed by atoms with van der Waals surface area (Å²) >= 11 is 1.46. The van der Waals surface area contributed by atoms with Gasteiger partial charge in [0.05, 0.1) is 18.1 Å². The highest BCUT2D eigenvalue weighted by Gasteiger charge is 2.18. The van der Waals surface area contributed by atoms with E-state index >= 15 is 0 Å². The summed E-state index contributed by atoms with van der Waals surface area (Å²) in [6, 6.07) is 1.80. The lowest BCUT2D eigenvalue weighted by molar-refractivity contribution is -0.140. The second kappa shape index (κ2) is 7.13. The number of aryl methyl sites for hydroxylation is 1. The zero-order valence-electron chi connectivity index (χ0n) is 11.4. The third-order valence-electron chi connectivity index (χ3n) is 2.62. The van der Waals surface area contributed by atoms with E-state index in [1.54, 1.807) is 19.9 Å². The number of anilines is 1. The van der Waals surface area contributed by atoms with Crippen molar-refractivity contribution in [3.05, 3.63) is 16.5 Å². The number of hydrogen-bond donors (Lipinski definition) is 2. The molecule has 2 N–H and O–H groups in total. The minimum Gasteiger partial charge on any atom is -0.481 e. The van der Waals surface area contributed by atoms with Gasteiger partial charge in [-0.2, -0.15) is 0 Å². The third-order valence-corrected chi connectivity index (χ3v) is 3.85. The lowest BCUT2D eigenvalue weighted by Crippen LogP contribution is -2.20. The number of carbonyl (C=O) groups excluding carboxylic acids is 1. The van der Waals surface area contributed by atoms with Crippen LogP contribution in [-0.2, 0) is 16.0 Å². The van der Waals surface area contributed by atoms with Gasteiger partial charge in [0, 0.05) is 11.4 Å². The van der Waals surface area contributed by atoms with Crippen molar-refractivity contribution in [2.75, 3.05) is 18.5 Å². The normalized spacial score (nSPS) is 11.9. The van der Waals surface area contributed by atoms with E-state index in [1.165, 1.54) is 11.3 Å². The number of thiophene rings is 1. The Morgan fingerprint density at radius 2 is 2.16 bits per heavy atom. The molecule has 0 bridgehead atoms. The number of aliphatic carboxylic acids is 1. The van der Waals surface area contributed by atoms with Crippen LogP contribution >= 0.6 is 11.3 Å². The van der Waals surface area contributed by atoms with Gasteiger partial charge < -0.3 is 15.2 Å². The van der Waals surface area contributed by atoms with Gasteiger partial charge in [-0.1, -0.05) is 13.8 Å². The van der Waals surface area contributed by atoms with Crippen LogP contribution in [0.5, 0.6) is 0 Å². The summed E-state index contributed by atoms with van der Waals surface area (Å²) in [7, 11) is 0. The molecule has 5 nitrogen and oxygen atoms in total. The van der Waals surface area contributed by atoms with Gasteiger partial charge in [0.1, 0.15) is 5.00 Å². The zero-order valence-corrected chi connectivity index (χ0v) is 12.2. The number of carboxylic acids is 1. The number of ether oxygens (including phenoxy) is 1. The highest BCUT2D eigenvalue weighted by Crippen LogP contribution is 2.29. The minimum absolute atomic E-state index is 0.283. The Balaban J connectivity index is 2.83. The van der Waals surface area contributed by atoms with Gasteiger partial charge in [-0.05, 0) is 19.4 Å². The summed E-state index contributed by atoms with van der Waals surface area (Å²) in [6.07, 6.45) is 0.827. The molecular formula is C13H19NO4S. The molecule has 1 heterocycles. The Kier molecular flexibility index (Phi) is 5.82. The SMILES string of the molecule is CCOC(=O)c1cc(CC)sc1NCC(C)C(=O)O. The van der Waals surface area contributed by atoms with Gasteiger partial charge in [-0.15, -0.1) is 11.3 Å². The van der Waals surface area contributed by atoms with Crippen molar-refractivity contribution < 1.29 is 19.4 Å². The molecule has 0 aliphatic carbocycles. The van der Waals surface area contributed by atoms with Crippen LogP contribution in [-0.4, -0.2) is 30.2 Å². The molecule has 0 saturated heterocycles. The minimum atomic E-state index is -0.863. The molecule has 0 aliphatic rings. The summed E-state index contributed by atoms with van der Waals surface area (Å²) in [5, 5.41) is 12.6. The van der Waals surface area contributed by atoms with E-state index < -0.39 is 11.9 Å². The molecule has 1 atom stereocenters. The fraction of sp³-hybridized carbons (Fsp3) is 0.538. The van der Waals surface area contributed by atoms with Crippen LogP contribution in [0.4, 0.5) is 5.00 Å². The van der Waals surface area contributed by atoms with Crippen molar-refractivity contribution in [1.29, 1.82) is 0 Å². The summed E-state index contributed by atoms with van der Waals surface area (Å²) in [6.45, 7) is 5.98. The maximum absolute atomic E-state index is 11.8. The molecular weight excluding hydrogens is 266 g/mol. The molecule has 1 aromatic heterocycles. The fourth-order valence-corrected chi connectivity index (χ4v) is 2.43. The fourth-order valence-electron chi connectivity index (χ4n) is 1.44. The first-order valence-corrected chi connectivity index (χ1v) is 7.07. The second-order valence-electron chi connectivity index (χ2n) is 4.15. The number of carboxylic acid groups (broad SMARTS) is 1. The van der Waals surface area contributed by atoms with E-state index in [0.29, 0.717) is 17.2 Å². The zero-order chi connectivity index (χ0) is 14.4. The predicted molar refractivity (Wildman–Crippen MR) is 74.9 cm³/mol. The molecule has 106 valence electrons. The Bertz CT molecular complexity index is 455. The van der Waals surface area contributed by atoms with Crippen LogP contribution in [0, 0.1) is 5.92 Å². The van der Waals surface area contributed by atoms with Crippen LogP contribution in [0.15, 0.2) is 6.07 Å². The third kappa shape index (κ3) is 4.24. The molecule has 0 saturated carbocycles. The summed E-state index contributed by atoms with van der Waals surface area (Å²) in [5.41, 5.74) is 0.487. The first-order chi connectivity index (χ1) is 8.99. The predicted octanol–water partition coefficient (Wildman–Crippen LogP) is 2.62. The van der Waals surface area contributed by atoms with Crippen LogP contribution in [0.1, 0.15) is 36.0 Å². The Morgan fingerprint density at radius 1 is 1.47 bits per heavy atom. The molecule has 1 aromatic rings. The average molecular weight is 285 g/mol. The van der Waals surface area contributed by atoms with Crippen molar-refractivity contribution in [2.45, 2.75) is 27.2 Å². The lowest BCUT2D eigenvalue weighted by Gasteiger charge is -2.09. The van der Waals surface area contributed by atoms with Crippen LogP contribution in [0.3, 0.4) is 0 Å². The van der Waals surface area contributed by atoms with E-state index in [1.807, 2.05) is 6.92 Å². The number of esters is 1. The number of nitrogens with one attached hydrogen (secondary N) is 1. The van der Waals surface area contributed by atoms with Gasteiger partial charge in [-0.25, -0.2) is 4.79 Å². The molecule has 0 radical (unpaired) electrons. The highest BCUT2D eigenvalue weighted by atomic mass is 32.1. The first kappa shape index (κ1) is 15.5. The van der Waals surface area contributed by atoms with Gasteiger partial charge in [0.2, 0.25) is 0 Å². The molecule has 1 rings (SSSR count). The van der Waals surface area contributed by atoms with Crippen LogP contribution < -0.4 is 5.32 Å². The molecule has 0 aliphatic heterocycles. The topological polar surface area (TPSA) is 75.6 Å². The molecule has 0 amide bonds. The maximum atomic E-state index is 11.8. The van der Waals surface area contributed by atoms with Crippen LogP contribution in [0.2, 0.25) is 0 Å². The number of hydrogen-bond acceptors (Lipinski definition) is 5. The lowest BCUT2D eigenvalue weighted by atomic mass is 10.2. The molecule has 6 heteroatoms. The molecule has 19 heavy (non-hydrogen) atoms. The monoisotopic (exact) mass is 285 g/mol. The van der Waals surface area contributed by atoms with Gasteiger partial charge in [0.15, 0.2) is 0 Å². The number of carbonyl (C=O) groups is 2. The summed E-state index contributed by atoms with van der Waals surface area (Å²) < 4.78 is 4.99. The molecule has 0 spiro atoms. The van der Waals surface area contributed by atoms with Crippen molar-refractivity contribution >= 4 is 28.3 Å².